The second kappa shape index (κ2) is 13.6. The molecule has 156 valence electrons. The molecule has 1 unspecified atom stereocenters. The van der Waals surface area contributed by atoms with E-state index in [1.54, 1.807) is 4.90 Å². The monoisotopic (exact) mass is 404 g/mol. The molecule has 1 saturated heterocycles. The summed E-state index contributed by atoms with van der Waals surface area (Å²) in [6, 6.07) is 10.6. The lowest BCUT2D eigenvalue weighted by atomic mass is 10.1. The van der Waals surface area contributed by atoms with Gasteiger partial charge in [-0.1, -0.05) is 69.4 Å². The van der Waals surface area contributed by atoms with Crippen molar-refractivity contribution >= 4 is 23.6 Å². The van der Waals surface area contributed by atoms with Crippen LogP contribution in [0.1, 0.15) is 70.3 Å². The van der Waals surface area contributed by atoms with Gasteiger partial charge in [-0.2, -0.15) is 0 Å². The van der Waals surface area contributed by atoms with Crippen LogP contribution in [0.25, 0.3) is 0 Å². The fraction of sp³-hybridized carbons (Fsp3) is 0.652. The Balaban J connectivity index is 1.47. The molecule has 5 heteroatoms. The molecule has 2 rings (SSSR count). The van der Waals surface area contributed by atoms with Crippen LogP contribution in [0.15, 0.2) is 30.3 Å². The average molecular weight is 405 g/mol. The molecule has 1 heterocycles. The van der Waals surface area contributed by atoms with E-state index in [2.05, 4.69) is 42.6 Å². The Morgan fingerprint density at radius 2 is 1.82 bits per heavy atom. The molecule has 28 heavy (non-hydrogen) atoms. The predicted molar refractivity (Wildman–Crippen MR) is 118 cm³/mol. The van der Waals surface area contributed by atoms with Gasteiger partial charge < -0.3 is 10.2 Å². The Morgan fingerprint density at radius 3 is 2.57 bits per heavy atom. The third kappa shape index (κ3) is 8.68. The summed E-state index contributed by atoms with van der Waals surface area (Å²) in [5, 5.41) is 3.18. The Kier molecular flexibility index (Phi) is 11.1. The van der Waals surface area contributed by atoms with E-state index in [4.69, 9.17) is 0 Å². The minimum Gasteiger partial charge on any atom is -0.355 e. The minimum atomic E-state index is -0.0195. The smallest absolute Gasteiger partial charge is 0.239 e. The molecular weight excluding hydrogens is 368 g/mol. The summed E-state index contributed by atoms with van der Waals surface area (Å²) in [5.41, 5.74) is 1.40. The summed E-state index contributed by atoms with van der Waals surface area (Å²) < 4.78 is 0. The van der Waals surface area contributed by atoms with E-state index in [1.165, 1.54) is 44.1 Å². The van der Waals surface area contributed by atoms with Crippen molar-refractivity contribution in [3.63, 3.8) is 0 Å². The van der Waals surface area contributed by atoms with Crippen molar-refractivity contribution in [2.24, 2.45) is 0 Å². The fourth-order valence-corrected chi connectivity index (χ4v) is 4.68. The first-order chi connectivity index (χ1) is 13.7. The van der Waals surface area contributed by atoms with Crippen LogP contribution in [0.5, 0.6) is 0 Å². The number of carbonyl (C=O) groups excluding carboxylic acids is 2. The fourth-order valence-electron chi connectivity index (χ4n) is 3.40. The van der Waals surface area contributed by atoms with Crippen molar-refractivity contribution in [3.05, 3.63) is 35.9 Å². The maximum Gasteiger partial charge on any atom is 0.239 e. The predicted octanol–water partition coefficient (Wildman–Crippen LogP) is 4.78. The highest BCUT2D eigenvalue weighted by atomic mass is 32.2. The molecule has 1 fully saturated rings. The third-order valence-corrected chi connectivity index (χ3v) is 6.53. The molecule has 1 atom stereocenters. The Morgan fingerprint density at radius 1 is 1.07 bits per heavy atom. The number of carbonyl (C=O) groups is 2. The van der Waals surface area contributed by atoms with Crippen LogP contribution < -0.4 is 5.32 Å². The van der Waals surface area contributed by atoms with Gasteiger partial charge in [0, 0.05) is 6.54 Å². The topological polar surface area (TPSA) is 49.4 Å². The number of β-lactam (4-membered cyclic amide) rings is 1. The van der Waals surface area contributed by atoms with Gasteiger partial charge in [0.1, 0.15) is 6.54 Å². The van der Waals surface area contributed by atoms with Crippen molar-refractivity contribution in [3.8, 4) is 0 Å². The van der Waals surface area contributed by atoms with E-state index in [-0.39, 0.29) is 23.7 Å². The molecule has 1 aromatic rings. The van der Waals surface area contributed by atoms with Gasteiger partial charge >= 0.3 is 0 Å². The van der Waals surface area contributed by atoms with E-state index >= 15 is 0 Å². The molecule has 0 saturated carbocycles. The van der Waals surface area contributed by atoms with Crippen molar-refractivity contribution in [2.45, 2.75) is 76.5 Å². The van der Waals surface area contributed by atoms with Gasteiger partial charge in [-0.25, -0.2) is 0 Å². The van der Waals surface area contributed by atoms with Crippen molar-refractivity contribution < 1.29 is 9.59 Å². The summed E-state index contributed by atoms with van der Waals surface area (Å²) in [4.78, 5) is 25.7. The number of nitrogens with one attached hydrogen (secondary N) is 1. The zero-order valence-corrected chi connectivity index (χ0v) is 18.1. The van der Waals surface area contributed by atoms with Gasteiger partial charge in [-0.3, -0.25) is 9.59 Å². The highest BCUT2D eigenvalue weighted by Crippen LogP contribution is 2.29. The van der Waals surface area contributed by atoms with Gasteiger partial charge in [0.05, 0.1) is 11.8 Å². The number of hydrogen-bond acceptors (Lipinski definition) is 3. The van der Waals surface area contributed by atoms with Gasteiger partial charge in [0.15, 0.2) is 0 Å². The van der Waals surface area contributed by atoms with Gasteiger partial charge in [-0.05, 0) is 37.0 Å². The molecule has 2 amide bonds. The Hall–Kier alpha value is -1.49. The first-order valence-corrected chi connectivity index (χ1v) is 12.0. The maximum atomic E-state index is 12.1. The zero-order valence-electron chi connectivity index (χ0n) is 17.3. The quantitative estimate of drug-likeness (QED) is 0.338. The van der Waals surface area contributed by atoms with E-state index in [9.17, 15) is 9.59 Å². The second-order valence-electron chi connectivity index (χ2n) is 7.61. The lowest BCUT2D eigenvalue weighted by molar-refractivity contribution is -0.145. The number of likely N-dealkylation sites (tertiary alicyclic amines) is 1. The van der Waals surface area contributed by atoms with E-state index in [1.807, 2.05) is 11.8 Å². The van der Waals surface area contributed by atoms with E-state index in [0.29, 0.717) is 13.0 Å². The SMILES string of the molecule is CCCCCCSC1CC(=O)N1CC(=O)NCCCCCCc1ccccc1. The number of aryl methyl sites for hydroxylation is 1. The van der Waals surface area contributed by atoms with Crippen LogP contribution in [0.2, 0.25) is 0 Å². The van der Waals surface area contributed by atoms with Crippen LogP contribution in [-0.2, 0) is 16.0 Å². The minimum absolute atomic E-state index is 0.0195. The lowest BCUT2D eigenvalue weighted by Crippen LogP contribution is -2.54. The van der Waals surface area contributed by atoms with Gasteiger partial charge in [0.2, 0.25) is 11.8 Å². The first kappa shape index (κ1) is 22.8. The highest BCUT2D eigenvalue weighted by Gasteiger charge is 2.37. The standard InChI is InChI=1S/C23H36N2O2S/c1-2-3-4-12-17-28-23-18-22(27)25(23)19-21(26)24-16-11-6-5-8-13-20-14-9-7-10-15-20/h7,9-10,14-15,23H,2-6,8,11-13,16-19H2,1H3,(H,24,26). The molecule has 1 N–H and O–H groups in total. The molecule has 0 bridgehead atoms. The van der Waals surface area contributed by atoms with Crippen LogP contribution in [0, 0.1) is 0 Å². The van der Waals surface area contributed by atoms with E-state index in [0.717, 1.165) is 25.0 Å². The third-order valence-electron chi connectivity index (χ3n) is 5.20. The summed E-state index contributed by atoms with van der Waals surface area (Å²) >= 11 is 1.83. The molecule has 1 aliphatic rings. The molecule has 0 aliphatic carbocycles. The number of amides is 2. The summed E-state index contributed by atoms with van der Waals surface area (Å²) in [6.45, 7) is 3.14. The number of benzene rings is 1. The molecule has 1 aromatic carbocycles. The molecule has 1 aliphatic heterocycles. The largest absolute Gasteiger partial charge is 0.355 e. The lowest BCUT2D eigenvalue weighted by Gasteiger charge is -2.39. The Bertz CT molecular complexity index is 579. The number of unbranched alkanes of at least 4 members (excludes halogenated alkanes) is 6. The molecular formula is C23H36N2O2S. The number of hydrogen-bond donors (Lipinski definition) is 1. The van der Waals surface area contributed by atoms with Gasteiger partial charge in [0.25, 0.3) is 0 Å². The van der Waals surface area contributed by atoms with E-state index < -0.39 is 0 Å². The van der Waals surface area contributed by atoms with Crippen LogP contribution in [0.3, 0.4) is 0 Å². The highest BCUT2D eigenvalue weighted by molar-refractivity contribution is 7.99. The normalized spacial score (nSPS) is 16.1. The Labute approximate surface area is 174 Å². The van der Waals surface area contributed by atoms with Crippen LogP contribution in [-0.4, -0.2) is 40.9 Å². The number of thioether (sulfide) groups is 1. The molecule has 4 nitrogen and oxygen atoms in total. The van der Waals surface area contributed by atoms with Crippen molar-refractivity contribution in [1.29, 1.82) is 0 Å². The van der Waals surface area contributed by atoms with Crippen molar-refractivity contribution in [1.82, 2.24) is 10.2 Å². The first-order valence-electron chi connectivity index (χ1n) is 10.9. The van der Waals surface area contributed by atoms with Crippen LogP contribution >= 0.6 is 11.8 Å². The van der Waals surface area contributed by atoms with Crippen molar-refractivity contribution in [2.75, 3.05) is 18.8 Å². The van der Waals surface area contributed by atoms with Gasteiger partial charge in [-0.15, -0.1) is 11.8 Å². The zero-order chi connectivity index (χ0) is 20.0. The maximum absolute atomic E-state index is 12.1. The number of nitrogens with zero attached hydrogens (tertiary/aromatic N) is 1. The molecule has 0 radical (unpaired) electrons. The second-order valence-corrected chi connectivity index (χ2v) is 8.90. The summed E-state index contributed by atoms with van der Waals surface area (Å²) in [5.74, 6) is 1.18. The molecule has 0 spiro atoms. The average Bonchev–Trinajstić information content (AvgIpc) is 2.71. The molecule has 0 aromatic heterocycles. The summed E-state index contributed by atoms with van der Waals surface area (Å²) in [7, 11) is 0. The van der Waals surface area contributed by atoms with Crippen LogP contribution in [0.4, 0.5) is 0 Å². The number of rotatable bonds is 15. The summed E-state index contributed by atoms with van der Waals surface area (Å²) in [6.07, 6.45) is 11.2.